The standard InChI is InChI=1S/C32H35N3O7/c1-3-41-31(38)23-5-4-6-25(17-23)34-30(24-9-12-29(40-2)33-18-24)32(39)42-28-20-35(15-13-22(28)14-16-35)19-27(37)21-7-10-26(36)11-8-21/h4-12,17-18,22,28,30,34H,3,13-16,19-20H2,1-2H3/p+1/t22?,28-,30?,35?/m0/s1. The Labute approximate surface area is 244 Å². The largest absolute Gasteiger partial charge is 0.508 e. The fraction of sp³-hybridized carbons (Fsp3) is 0.375. The highest BCUT2D eigenvalue weighted by Gasteiger charge is 2.49. The van der Waals surface area contributed by atoms with E-state index in [1.165, 1.54) is 19.2 Å². The number of ether oxygens (including phenoxy) is 3. The monoisotopic (exact) mass is 574 g/mol. The van der Waals surface area contributed by atoms with Crippen LogP contribution >= 0.6 is 0 Å². The van der Waals surface area contributed by atoms with E-state index in [0.29, 0.717) is 45.8 Å². The van der Waals surface area contributed by atoms with E-state index in [1.54, 1.807) is 61.7 Å². The summed E-state index contributed by atoms with van der Waals surface area (Å²) in [5, 5.41) is 12.8. The minimum Gasteiger partial charge on any atom is -0.508 e. The van der Waals surface area contributed by atoms with Crippen LogP contribution in [0.4, 0.5) is 5.69 Å². The van der Waals surface area contributed by atoms with Gasteiger partial charge in [-0.3, -0.25) is 4.79 Å². The van der Waals surface area contributed by atoms with Crippen LogP contribution in [0.2, 0.25) is 0 Å². The Morgan fingerprint density at radius 3 is 2.48 bits per heavy atom. The van der Waals surface area contributed by atoms with Crippen molar-refractivity contribution < 1.29 is 38.2 Å². The number of anilines is 1. The number of aromatic nitrogens is 1. The van der Waals surface area contributed by atoms with Gasteiger partial charge < -0.3 is 29.1 Å². The van der Waals surface area contributed by atoms with Crippen LogP contribution in [0.15, 0.2) is 66.9 Å². The Hall–Kier alpha value is -4.44. The van der Waals surface area contributed by atoms with Gasteiger partial charge in [0.05, 0.1) is 32.4 Å². The Bertz CT molecular complexity index is 1420. The number of pyridine rings is 1. The summed E-state index contributed by atoms with van der Waals surface area (Å²) in [6.07, 6.45) is 2.96. The number of phenols is 1. The van der Waals surface area contributed by atoms with Gasteiger partial charge in [-0.1, -0.05) is 6.07 Å². The molecule has 0 amide bonds. The number of rotatable bonds is 11. The molecule has 3 fully saturated rings. The third kappa shape index (κ3) is 6.54. The average molecular weight is 575 g/mol. The lowest BCUT2D eigenvalue weighted by Gasteiger charge is -2.51. The minimum absolute atomic E-state index is 0.00533. The van der Waals surface area contributed by atoms with E-state index in [4.69, 9.17) is 14.2 Å². The predicted octanol–water partition coefficient (Wildman–Crippen LogP) is 4.16. The molecule has 10 nitrogen and oxygen atoms in total. The highest BCUT2D eigenvalue weighted by molar-refractivity contribution is 5.97. The second kappa shape index (κ2) is 12.6. The van der Waals surface area contributed by atoms with Crippen molar-refractivity contribution in [3.05, 3.63) is 83.6 Å². The van der Waals surface area contributed by atoms with E-state index < -0.39 is 18.0 Å². The maximum absolute atomic E-state index is 13.8. The van der Waals surface area contributed by atoms with Crippen molar-refractivity contribution in [2.75, 3.05) is 45.2 Å². The lowest BCUT2D eigenvalue weighted by molar-refractivity contribution is -0.938. The van der Waals surface area contributed by atoms with Crippen LogP contribution in [0.5, 0.6) is 11.6 Å². The predicted molar refractivity (Wildman–Crippen MR) is 154 cm³/mol. The van der Waals surface area contributed by atoms with E-state index in [1.807, 2.05) is 0 Å². The molecule has 0 spiro atoms. The molecule has 4 heterocycles. The molecule has 2 bridgehead atoms. The Kier molecular flexibility index (Phi) is 8.72. The van der Waals surface area contributed by atoms with E-state index in [2.05, 4.69) is 10.3 Å². The SMILES string of the molecule is CCOC(=O)c1cccc(NC(C(=O)O[C@H]2C[N+]3(CC(=O)c4ccc(O)cc4)CCC2CC3)c2ccc(OC)nc2)c1. The van der Waals surface area contributed by atoms with Crippen LogP contribution in [-0.4, -0.2) is 78.3 Å². The molecule has 0 aliphatic carbocycles. The van der Waals surface area contributed by atoms with Crippen molar-refractivity contribution >= 4 is 23.4 Å². The minimum atomic E-state index is -0.900. The molecular weight excluding hydrogens is 538 g/mol. The molecule has 3 saturated heterocycles. The molecule has 220 valence electrons. The van der Waals surface area contributed by atoms with E-state index in [9.17, 15) is 19.5 Å². The van der Waals surface area contributed by atoms with Crippen molar-refractivity contribution in [2.45, 2.75) is 31.9 Å². The number of hydrogen-bond donors (Lipinski definition) is 2. The second-order valence-electron chi connectivity index (χ2n) is 10.9. The lowest BCUT2D eigenvalue weighted by atomic mass is 9.82. The van der Waals surface area contributed by atoms with E-state index >= 15 is 0 Å². The number of carbonyl (C=O) groups is 3. The number of Topliss-reactive ketones (excluding diaryl/α,β-unsaturated/α-hetero) is 1. The number of nitrogens with zero attached hydrogens (tertiary/aromatic N) is 2. The second-order valence-corrected chi connectivity index (χ2v) is 10.9. The first-order valence-corrected chi connectivity index (χ1v) is 14.2. The van der Waals surface area contributed by atoms with Gasteiger partial charge in [0.15, 0.2) is 12.1 Å². The number of carbonyl (C=O) groups excluding carboxylic acids is 3. The Morgan fingerprint density at radius 2 is 1.81 bits per heavy atom. The summed E-state index contributed by atoms with van der Waals surface area (Å²) in [5.41, 5.74) is 2.05. The van der Waals surface area contributed by atoms with Gasteiger partial charge in [-0.25, -0.2) is 14.6 Å². The van der Waals surface area contributed by atoms with Crippen LogP contribution in [0, 0.1) is 5.92 Å². The number of hydrogen-bond acceptors (Lipinski definition) is 9. The van der Waals surface area contributed by atoms with Crippen molar-refractivity contribution in [2.24, 2.45) is 5.92 Å². The molecule has 3 aliphatic rings. The van der Waals surface area contributed by atoms with Crippen molar-refractivity contribution in [3.63, 3.8) is 0 Å². The summed E-state index contributed by atoms with van der Waals surface area (Å²) in [6, 6.07) is 15.6. The molecule has 1 aromatic heterocycles. The Morgan fingerprint density at radius 1 is 1.05 bits per heavy atom. The number of methoxy groups -OCH3 is 1. The van der Waals surface area contributed by atoms with E-state index in [-0.39, 0.29) is 30.2 Å². The first-order chi connectivity index (χ1) is 20.3. The number of piperidine rings is 3. The number of quaternary nitrogens is 1. The van der Waals surface area contributed by atoms with Crippen LogP contribution in [0.25, 0.3) is 0 Å². The molecule has 2 N–H and O–H groups in total. The first kappa shape index (κ1) is 29.1. The highest BCUT2D eigenvalue weighted by atomic mass is 16.5. The lowest BCUT2D eigenvalue weighted by Crippen LogP contribution is -2.65. The van der Waals surface area contributed by atoms with Gasteiger partial charge in [-0.15, -0.1) is 0 Å². The van der Waals surface area contributed by atoms with E-state index in [0.717, 1.165) is 25.9 Å². The van der Waals surface area contributed by atoms with Crippen molar-refractivity contribution in [1.82, 2.24) is 4.98 Å². The van der Waals surface area contributed by atoms with Crippen molar-refractivity contribution in [1.29, 1.82) is 0 Å². The number of ketones is 1. The number of esters is 2. The average Bonchev–Trinajstić information content (AvgIpc) is 3.01. The number of phenolic OH excluding ortho intramolecular Hbond substituents is 1. The van der Waals surface area contributed by atoms with Gasteiger partial charge in [-0.05, 0) is 55.5 Å². The number of nitrogens with one attached hydrogen (secondary N) is 1. The zero-order chi connectivity index (χ0) is 29.7. The Balaban J connectivity index is 1.34. The number of benzene rings is 2. The zero-order valence-electron chi connectivity index (χ0n) is 23.8. The maximum Gasteiger partial charge on any atom is 0.338 e. The molecular formula is C32H36N3O7+. The topological polar surface area (TPSA) is 124 Å². The summed E-state index contributed by atoms with van der Waals surface area (Å²) in [7, 11) is 1.52. The summed E-state index contributed by atoms with van der Waals surface area (Å²) in [6.45, 7) is 4.59. The zero-order valence-corrected chi connectivity index (χ0v) is 23.8. The summed E-state index contributed by atoms with van der Waals surface area (Å²) in [5.74, 6) is -0.158. The van der Waals surface area contributed by atoms with Gasteiger partial charge in [0.25, 0.3) is 0 Å². The van der Waals surface area contributed by atoms with Gasteiger partial charge in [0.1, 0.15) is 18.8 Å². The van der Waals surface area contributed by atoms with Crippen LogP contribution in [0.1, 0.15) is 52.1 Å². The number of aromatic hydroxyl groups is 1. The van der Waals surface area contributed by atoms with Gasteiger partial charge in [0, 0.05) is 47.8 Å². The van der Waals surface area contributed by atoms with Gasteiger partial charge in [-0.2, -0.15) is 0 Å². The van der Waals surface area contributed by atoms with Crippen LogP contribution in [0.3, 0.4) is 0 Å². The molecule has 0 radical (unpaired) electrons. The first-order valence-electron chi connectivity index (χ1n) is 14.2. The van der Waals surface area contributed by atoms with Crippen LogP contribution < -0.4 is 10.1 Å². The molecule has 1 unspecified atom stereocenters. The van der Waals surface area contributed by atoms with Crippen molar-refractivity contribution in [3.8, 4) is 11.6 Å². The summed E-state index contributed by atoms with van der Waals surface area (Å²) >= 11 is 0. The highest BCUT2D eigenvalue weighted by Crippen LogP contribution is 2.37. The molecule has 6 rings (SSSR count). The summed E-state index contributed by atoms with van der Waals surface area (Å²) < 4.78 is 17.1. The molecule has 42 heavy (non-hydrogen) atoms. The molecule has 3 aromatic rings. The summed E-state index contributed by atoms with van der Waals surface area (Å²) in [4.78, 5) is 43.5. The van der Waals surface area contributed by atoms with Gasteiger partial charge >= 0.3 is 11.9 Å². The molecule has 0 saturated carbocycles. The third-order valence-corrected chi connectivity index (χ3v) is 8.20. The fourth-order valence-electron chi connectivity index (χ4n) is 5.92. The normalized spacial score (nSPS) is 21.7. The van der Waals surface area contributed by atoms with Gasteiger partial charge in [0.2, 0.25) is 11.7 Å². The van der Waals surface area contributed by atoms with Crippen LogP contribution in [-0.2, 0) is 14.3 Å². The quantitative estimate of drug-likeness (QED) is 0.197. The molecule has 3 aliphatic heterocycles. The number of fused-ring (bicyclic) bond motifs is 3. The molecule has 2 aromatic carbocycles. The third-order valence-electron chi connectivity index (χ3n) is 8.20. The smallest absolute Gasteiger partial charge is 0.338 e. The maximum atomic E-state index is 13.8. The molecule has 10 heteroatoms. The molecule has 2 atom stereocenters. The fourth-order valence-corrected chi connectivity index (χ4v) is 5.92.